The van der Waals surface area contributed by atoms with Gasteiger partial charge in [-0.25, -0.2) is 4.79 Å². The van der Waals surface area contributed by atoms with E-state index in [9.17, 15) is 19.7 Å². The zero-order valence-electron chi connectivity index (χ0n) is 14.4. The number of nitro groups is 1. The molecule has 0 aromatic heterocycles. The number of hydrogen-bond acceptors (Lipinski definition) is 6. The highest BCUT2D eigenvalue weighted by atomic mass is 35.5. The molecule has 0 N–H and O–H groups in total. The average molecular weight is 412 g/mol. The van der Waals surface area contributed by atoms with E-state index < -0.39 is 22.8 Å². The molecule has 0 spiro atoms. The van der Waals surface area contributed by atoms with Crippen molar-refractivity contribution in [3.05, 3.63) is 73.2 Å². The summed E-state index contributed by atoms with van der Waals surface area (Å²) in [6.07, 6.45) is -0.234. The number of benzene rings is 2. The minimum atomic E-state index is -0.853. The summed E-state index contributed by atoms with van der Waals surface area (Å²) in [7, 11) is 2.43. The number of nitro benzene ring substituents is 1. The molecule has 0 fully saturated rings. The summed E-state index contributed by atoms with van der Waals surface area (Å²) in [5, 5.41) is 12.0. The maximum Gasteiger partial charge on any atom is 0.337 e. The van der Waals surface area contributed by atoms with E-state index >= 15 is 0 Å². The predicted octanol–water partition coefficient (Wildman–Crippen LogP) is 4.38. The molecule has 7 nitrogen and oxygen atoms in total. The molecule has 1 atom stereocenters. The second kappa shape index (κ2) is 8.83. The largest absolute Gasteiger partial charge is 0.469 e. The van der Waals surface area contributed by atoms with Crippen molar-refractivity contribution in [2.45, 2.75) is 12.3 Å². The third-order valence-electron chi connectivity index (χ3n) is 3.95. The highest BCUT2D eigenvalue weighted by Crippen LogP contribution is 2.39. The second-order valence-electron chi connectivity index (χ2n) is 5.52. The van der Waals surface area contributed by atoms with Crippen LogP contribution in [-0.2, 0) is 14.3 Å². The van der Waals surface area contributed by atoms with Gasteiger partial charge in [0.2, 0.25) is 0 Å². The van der Waals surface area contributed by atoms with E-state index in [0.717, 1.165) is 0 Å². The Balaban J connectivity index is 2.71. The summed E-state index contributed by atoms with van der Waals surface area (Å²) in [6, 6.07) is 8.38. The van der Waals surface area contributed by atoms with Crippen molar-refractivity contribution in [3.63, 3.8) is 0 Å². The van der Waals surface area contributed by atoms with Gasteiger partial charge in [-0.2, -0.15) is 0 Å². The summed E-state index contributed by atoms with van der Waals surface area (Å²) in [4.78, 5) is 34.7. The second-order valence-corrected chi connectivity index (χ2v) is 6.36. The lowest BCUT2D eigenvalue weighted by molar-refractivity contribution is -0.385. The normalized spacial score (nSPS) is 11.6. The Bertz CT molecular complexity index is 899. The van der Waals surface area contributed by atoms with E-state index in [-0.39, 0.29) is 33.3 Å². The molecule has 2 aromatic rings. The van der Waals surface area contributed by atoms with E-state index in [1.807, 2.05) is 0 Å². The van der Waals surface area contributed by atoms with Crippen LogP contribution in [0.25, 0.3) is 0 Å². The van der Waals surface area contributed by atoms with Gasteiger partial charge in [0.15, 0.2) is 0 Å². The molecule has 0 saturated carbocycles. The molecule has 2 aromatic carbocycles. The van der Waals surface area contributed by atoms with E-state index in [1.54, 1.807) is 0 Å². The Hall–Kier alpha value is -2.64. The maximum atomic E-state index is 12.0. The first-order valence-corrected chi connectivity index (χ1v) is 8.42. The highest BCUT2D eigenvalue weighted by molar-refractivity contribution is 6.31. The van der Waals surface area contributed by atoms with Crippen LogP contribution in [0, 0.1) is 10.1 Å². The van der Waals surface area contributed by atoms with Crippen molar-refractivity contribution >= 4 is 40.8 Å². The van der Waals surface area contributed by atoms with Crippen LogP contribution >= 0.6 is 23.2 Å². The standard InChI is InChI=1S/C18H15Cl2NO6/c1-26-17(22)9-12(14-8-11(19)4-6-16(14)21(24)25)13-7-10(18(23)27-2)3-5-15(13)20/h3-8,12H,9H2,1-2H3. The van der Waals surface area contributed by atoms with Crippen molar-refractivity contribution < 1.29 is 24.0 Å². The quantitative estimate of drug-likeness (QED) is 0.397. The molecule has 0 aliphatic carbocycles. The van der Waals surface area contributed by atoms with Gasteiger partial charge in [0, 0.05) is 27.6 Å². The van der Waals surface area contributed by atoms with Gasteiger partial charge >= 0.3 is 11.9 Å². The average Bonchev–Trinajstić information content (AvgIpc) is 2.65. The summed E-state index contributed by atoms with van der Waals surface area (Å²) >= 11 is 12.3. The molecule has 0 heterocycles. The summed E-state index contributed by atoms with van der Waals surface area (Å²) < 4.78 is 9.41. The van der Waals surface area contributed by atoms with Gasteiger partial charge in [-0.15, -0.1) is 0 Å². The number of methoxy groups -OCH3 is 2. The van der Waals surface area contributed by atoms with Gasteiger partial charge < -0.3 is 9.47 Å². The Labute approximate surface area is 164 Å². The summed E-state index contributed by atoms with van der Waals surface area (Å²) in [5.41, 5.74) is 0.487. The smallest absolute Gasteiger partial charge is 0.337 e. The monoisotopic (exact) mass is 411 g/mol. The number of carbonyl (C=O) groups is 2. The van der Waals surface area contributed by atoms with E-state index in [2.05, 4.69) is 0 Å². The van der Waals surface area contributed by atoms with Crippen LogP contribution in [0.3, 0.4) is 0 Å². The van der Waals surface area contributed by atoms with Gasteiger partial charge in [0.25, 0.3) is 5.69 Å². The topological polar surface area (TPSA) is 95.7 Å². The van der Waals surface area contributed by atoms with Crippen LogP contribution in [0.5, 0.6) is 0 Å². The van der Waals surface area contributed by atoms with Crippen LogP contribution < -0.4 is 0 Å². The molecule has 0 amide bonds. The van der Waals surface area contributed by atoms with Crippen molar-refractivity contribution in [3.8, 4) is 0 Å². The van der Waals surface area contributed by atoms with Crippen molar-refractivity contribution in [1.82, 2.24) is 0 Å². The molecule has 0 bridgehead atoms. The Kier molecular flexibility index (Phi) is 6.76. The first-order chi connectivity index (χ1) is 12.8. The Morgan fingerprint density at radius 2 is 1.78 bits per heavy atom. The van der Waals surface area contributed by atoms with E-state index in [1.165, 1.54) is 50.6 Å². The number of hydrogen-bond donors (Lipinski definition) is 0. The molecule has 0 radical (unpaired) electrons. The third-order valence-corrected chi connectivity index (χ3v) is 4.53. The van der Waals surface area contributed by atoms with Crippen LogP contribution in [-0.4, -0.2) is 31.1 Å². The molecule has 142 valence electrons. The first-order valence-electron chi connectivity index (χ1n) is 7.66. The molecule has 1 unspecified atom stereocenters. The van der Waals surface area contributed by atoms with Gasteiger partial charge in [-0.05, 0) is 35.9 Å². The lowest BCUT2D eigenvalue weighted by Crippen LogP contribution is -2.13. The van der Waals surface area contributed by atoms with Gasteiger partial charge in [-0.1, -0.05) is 23.2 Å². The van der Waals surface area contributed by atoms with Gasteiger partial charge in [0.05, 0.1) is 31.1 Å². The van der Waals surface area contributed by atoms with Crippen LogP contribution in [0.1, 0.15) is 33.8 Å². The Morgan fingerprint density at radius 1 is 1.07 bits per heavy atom. The molecule has 27 heavy (non-hydrogen) atoms. The molecule has 2 rings (SSSR count). The predicted molar refractivity (Wildman–Crippen MR) is 99.4 cm³/mol. The number of halogens is 2. The fourth-order valence-corrected chi connectivity index (χ4v) is 3.09. The zero-order chi connectivity index (χ0) is 20.1. The highest BCUT2D eigenvalue weighted by Gasteiger charge is 2.29. The first kappa shape index (κ1) is 20.7. The minimum Gasteiger partial charge on any atom is -0.469 e. The lowest BCUT2D eigenvalue weighted by Gasteiger charge is -2.19. The summed E-state index contributed by atoms with van der Waals surface area (Å²) in [6.45, 7) is 0. The van der Waals surface area contributed by atoms with Crippen LogP contribution in [0.15, 0.2) is 36.4 Å². The minimum absolute atomic E-state index is 0.182. The maximum absolute atomic E-state index is 12.0. The molecule has 0 aliphatic rings. The molecule has 0 saturated heterocycles. The number of ether oxygens (including phenoxy) is 2. The van der Waals surface area contributed by atoms with Gasteiger partial charge in [0.1, 0.15) is 0 Å². The fourth-order valence-electron chi connectivity index (χ4n) is 2.66. The molecule has 0 aliphatic heterocycles. The van der Waals surface area contributed by atoms with Crippen LogP contribution in [0.2, 0.25) is 10.0 Å². The summed E-state index contributed by atoms with van der Waals surface area (Å²) in [5.74, 6) is -2.06. The Morgan fingerprint density at radius 3 is 2.37 bits per heavy atom. The number of rotatable bonds is 6. The van der Waals surface area contributed by atoms with Gasteiger partial charge in [-0.3, -0.25) is 14.9 Å². The SMILES string of the molecule is COC(=O)CC(c1cc(C(=O)OC)ccc1Cl)c1cc(Cl)ccc1[N+](=O)[O-]. The van der Waals surface area contributed by atoms with Crippen molar-refractivity contribution in [1.29, 1.82) is 0 Å². The van der Waals surface area contributed by atoms with Crippen LogP contribution in [0.4, 0.5) is 5.69 Å². The molecular weight excluding hydrogens is 397 g/mol. The zero-order valence-corrected chi connectivity index (χ0v) is 15.9. The molecular formula is C18H15Cl2NO6. The molecule has 9 heteroatoms. The van der Waals surface area contributed by atoms with E-state index in [0.29, 0.717) is 5.56 Å². The number of nitrogens with zero attached hydrogens (tertiary/aromatic N) is 1. The lowest BCUT2D eigenvalue weighted by atomic mass is 9.86. The number of esters is 2. The fraction of sp³-hybridized carbons (Fsp3) is 0.222. The van der Waals surface area contributed by atoms with Crippen molar-refractivity contribution in [2.24, 2.45) is 0 Å². The third kappa shape index (κ3) is 4.75. The van der Waals surface area contributed by atoms with Crippen molar-refractivity contribution in [2.75, 3.05) is 14.2 Å². The number of carbonyl (C=O) groups excluding carboxylic acids is 2. The van der Waals surface area contributed by atoms with E-state index in [4.69, 9.17) is 32.7 Å².